The third-order valence-corrected chi connectivity index (χ3v) is 5.12. The number of carbonyl (C=O) groups excluding carboxylic acids is 1. The van der Waals surface area contributed by atoms with Crippen LogP contribution in [0.15, 0.2) is 30.3 Å². The second-order valence-electron chi connectivity index (χ2n) is 7.06. The zero-order valence-corrected chi connectivity index (χ0v) is 15.7. The second kappa shape index (κ2) is 12.7. The molecule has 0 aromatic heterocycles. The van der Waals surface area contributed by atoms with Crippen molar-refractivity contribution in [1.82, 2.24) is 0 Å². The highest BCUT2D eigenvalue weighted by Crippen LogP contribution is 2.33. The van der Waals surface area contributed by atoms with Gasteiger partial charge in [-0.1, -0.05) is 101 Å². The Balaban J connectivity index is 2.39. The summed E-state index contributed by atoms with van der Waals surface area (Å²) in [6.45, 7) is 2.23. The predicted octanol–water partition coefficient (Wildman–Crippen LogP) is 5.91. The minimum atomic E-state index is -1.07. The van der Waals surface area contributed by atoms with Gasteiger partial charge in [0.1, 0.15) is 6.29 Å². The Morgan fingerprint density at radius 1 is 0.920 bits per heavy atom. The number of hydrogen-bond acceptors (Lipinski definition) is 2. The molecule has 0 heterocycles. The van der Waals surface area contributed by atoms with E-state index in [4.69, 9.17) is 0 Å². The van der Waals surface area contributed by atoms with Gasteiger partial charge in [0.15, 0.2) is 0 Å². The van der Waals surface area contributed by atoms with E-state index in [1.807, 2.05) is 30.3 Å². The van der Waals surface area contributed by atoms with Crippen LogP contribution < -0.4 is 0 Å². The molecule has 1 rings (SSSR count). The summed E-state index contributed by atoms with van der Waals surface area (Å²) in [7, 11) is 0. The fourth-order valence-corrected chi connectivity index (χ4v) is 3.50. The molecular formula is C22H34O3. The topological polar surface area (TPSA) is 54.4 Å². The van der Waals surface area contributed by atoms with Gasteiger partial charge in [-0.2, -0.15) is 0 Å². The first kappa shape index (κ1) is 21.4. The molecule has 3 nitrogen and oxygen atoms in total. The van der Waals surface area contributed by atoms with Crippen molar-refractivity contribution in [2.24, 2.45) is 0 Å². The molecule has 3 heteroatoms. The van der Waals surface area contributed by atoms with Crippen molar-refractivity contribution in [3.63, 3.8) is 0 Å². The fraction of sp³-hybridized carbons (Fsp3) is 0.636. The molecule has 0 aliphatic rings. The van der Waals surface area contributed by atoms with Crippen LogP contribution in [0.5, 0.6) is 0 Å². The molecule has 1 atom stereocenters. The second-order valence-corrected chi connectivity index (χ2v) is 7.06. The number of carboxylic acid groups (broad SMARTS) is 1. The average molecular weight is 347 g/mol. The third-order valence-electron chi connectivity index (χ3n) is 5.12. The van der Waals surface area contributed by atoms with E-state index in [2.05, 4.69) is 6.92 Å². The van der Waals surface area contributed by atoms with Gasteiger partial charge in [0.2, 0.25) is 0 Å². The largest absolute Gasteiger partial charge is 0.481 e. The van der Waals surface area contributed by atoms with Crippen LogP contribution in [0.3, 0.4) is 0 Å². The van der Waals surface area contributed by atoms with Crippen LogP contribution in [0, 0.1) is 0 Å². The molecule has 0 saturated carbocycles. The van der Waals surface area contributed by atoms with Gasteiger partial charge in [0, 0.05) is 6.42 Å². The summed E-state index contributed by atoms with van der Waals surface area (Å²) in [5.74, 6) is -0.887. The maximum Gasteiger partial charge on any atom is 0.314 e. The summed E-state index contributed by atoms with van der Waals surface area (Å²) in [6, 6.07) is 9.21. The molecule has 0 aliphatic heterocycles. The SMILES string of the molecule is CCCCCCCCCCCCC(CC=O)(C(=O)O)c1ccccc1. The van der Waals surface area contributed by atoms with E-state index in [0.29, 0.717) is 6.42 Å². The molecule has 0 fully saturated rings. The average Bonchev–Trinajstić information content (AvgIpc) is 2.63. The van der Waals surface area contributed by atoms with Crippen molar-refractivity contribution in [2.45, 2.75) is 89.4 Å². The number of aldehydes is 1. The summed E-state index contributed by atoms with van der Waals surface area (Å²) in [6.07, 6.45) is 13.5. The Kier molecular flexibility index (Phi) is 10.9. The first-order chi connectivity index (χ1) is 12.2. The van der Waals surface area contributed by atoms with E-state index in [9.17, 15) is 14.7 Å². The monoisotopic (exact) mass is 346 g/mol. The van der Waals surface area contributed by atoms with Crippen LogP contribution in [0.4, 0.5) is 0 Å². The lowest BCUT2D eigenvalue weighted by Crippen LogP contribution is -2.36. The van der Waals surface area contributed by atoms with Gasteiger partial charge in [0.05, 0.1) is 5.41 Å². The van der Waals surface area contributed by atoms with E-state index < -0.39 is 11.4 Å². The first-order valence-corrected chi connectivity index (χ1v) is 9.90. The first-order valence-electron chi connectivity index (χ1n) is 9.90. The van der Waals surface area contributed by atoms with E-state index in [0.717, 1.165) is 31.1 Å². The van der Waals surface area contributed by atoms with Gasteiger partial charge in [-0.15, -0.1) is 0 Å². The Hall–Kier alpha value is -1.64. The smallest absolute Gasteiger partial charge is 0.314 e. The highest BCUT2D eigenvalue weighted by atomic mass is 16.4. The highest BCUT2D eigenvalue weighted by Gasteiger charge is 2.39. The van der Waals surface area contributed by atoms with Crippen molar-refractivity contribution in [1.29, 1.82) is 0 Å². The molecule has 0 aliphatic carbocycles. The number of carboxylic acids is 1. The molecule has 140 valence electrons. The quantitative estimate of drug-likeness (QED) is 0.317. The molecule has 0 saturated heterocycles. The summed E-state index contributed by atoms with van der Waals surface area (Å²) in [5.41, 5.74) is -0.325. The normalized spacial score (nSPS) is 13.3. The molecule has 0 amide bonds. The lowest BCUT2D eigenvalue weighted by atomic mass is 9.74. The van der Waals surface area contributed by atoms with Gasteiger partial charge in [-0.05, 0) is 12.0 Å². The van der Waals surface area contributed by atoms with E-state index in [-0.39, 0.29) is 6.42 Å². The molecule has 1 unspecified atom stereocenters. The molecule has 0 bridgehead atoms. The van der Waals surface area contributed by atoms with Crippen LogP contribution >= 0.6 is 0 Å². The van der Waals surface area contributed by atoms with Crippen molar-refractivity contribution >= 4 is 12.3 Å². The fourth-order valence-electron chi connectivity index (χ4n) is 3.50. The molecule has 1 aromatic rings. The summed E-state index contributed by atoms with van der Waals surface area (Å²) in [4.78, 5) is 23.1. The Morgan fingerprint density at radius 3 is 1.92 bits per heavy atom. The van der Waals surface area contributed by atoms with Crippen molar-refractivity contribution in [3.05, 3.63) is 35.9 Å². The lowest BCUT2D eigenvalue weighted by Gasteiger charge is -2.28. The summed E-state index contributed by atoms with van der Waals surface area (Å²) < 4.78 is 0. The van der Waals surface area contributed by atoms with Crippen LogP contribution in [-0.4, -0.2) is 17.4 Å². The zero-order chi connectivity index (χ0) is 18.4. The molecule has 1 N–H and O–H groups in total. The Labute approximate surface area is 152 Å². The summed E-state index contributed by atoms with van der Waals surface area (Å²) >= 11 is 0. The molecule has 1 aromatic carbocycles. The van der Waals surface area contributed by atoms with E-state index in [1.54, 1.807) is 0 Å². The van der Waals surface area contributed by atoms with Gasteiger partial charge in [0.25, 0.3) is 0 Å². The Morgan fingerprint density at radius 2 is 1.44 bits per heavy atom. The number of hydrogen-bond donors (Lipinski definition) is 1. The van der Waals surface area contributed by atoms with Crippen molar-refractivity contribution in [2.75, 3.05) is 0 Å². The molecule has 0 radical (unpaired) electrons. The standard InChI is InChI=1S/C22H34O3/c1-2-3-4-5-6-7-8-9-10-14-17-22(18-19-23,21(24)25)20-15-12-11-13-16-20/h11-13,15-16,19H,2-10,14,17-18H2,1H3,(H,24,25). The third kappa shape index (κ3) is 7.41. The number of unbranched alkanes of at least 4 members (excludes halogenated alkanes) is 9. The molecule has 25 heavy (non-hydrogen) atoms. The maximum atomic E-state index is 11.9. The molecule has 0 spiro atoms. The van der Waals surface area contributed by atoms with Crippen LogP contribution in [-0.2, 0) is 15.0 Å². The van der Waals surface area contributed by atoms with E-state index >= 15 is 0 Å². The summed E-state index contributed by atoms with van der Waals surface area (Å²) in [5, 5.41) is 9.79. The van der Waals surface area contributed by atoms with Crippen LogP contribution in [0.1, 0.15) is 89.5 Å². The van der Waals surface area contributed by atoms with E-state index in [1.165, 1.54) is 44.9 Å². The van der Waals surface area contributed by atoms with Crippen LogP contribution in [0.25, 0.3) is 0 Å². The molecular weight excluding hydrogens is 312 g/mol. The predicted molar refractivity (Wildman–Crippen MR) is 103 cm³/mol. The highest BCUT2D eigenvalue weighted by molar-refractivity contribution is 5.84. The zero-order valence-electron chi connectivity index (χ0n) is 15.7. The minimum Gasteiger partial charge on any atom is -0.481 e. The Bertz CT molecular complexity index is 483. The van der Waals surface area contributed by atoms with Gasteiger partial charge in [-0.25, -0.2) is 0 Å². The maximum absolute atomic E-state index is 11.9. The van der Waals surface area contributed by atoms with Gasteiger partial charge < -0.3 is 9.90 Å². The van der Waals surface area contributed by atoms with Gasteiger partial charge in [-0.3, -0.25) is 4.79 Å². The van der Waals surface area contributed by atoms with Crippen molar-refractivity contribution in [3.8, 4) is 0 Å². The van der Waals surface area contributed by atoms with Crippen LogP contribution in [0.2, 0.25) is 0 Å². The van der Waals surface area contributed by atoms with Crippen molar-refractivity contribution < 1.29 is 14.7 Å². The number of aliphatic carboxylic acids is 1. The number of carbonyl (C=O) groups is 2. The number of rotatable bonds is 15. The van der Waals surface area contributed by atoms with Gasteiger partial charge >= 0.3 is 5.97 Å². The lowest BCUT2D eigenvalue weighted by molar-refractivity contribution is -0.145. The number of benzene rings is 1. The minimum absolute atomic E-state index is 0.0454.